The molecule has 1 fully saturated rings. The highest BCUT2D eigenvalue weighted by Crippen LogP contribution is 2.12. The van der Waals surface area contributed by atoms with Gasteiger partial charge in [-0.25, -0.2) is 4.98 Å². The van der Waals surface area contributed by atoms with Gasteiger partial charge in [0.2, 0.25) is 0 Å². The van der Waals surface area contributed by atoms with E-state index in [1.165, 1.54) is 6.42 Å². The molecule has 4 nitrogen and oxygen atoms in total. The maximum Gasteiger partial charge on any atom is 0.122 e. The lowest BCUT2D eigenvalue weighted by molar-refractivity contribution is 0.217. The summed E-state index contributed by atoms with van der Waals surface area (Å²) in [5, 5.41) is 3.58. The lowest BCUT2D eigenvalue weighted by Crippen LogP contribution is -2.46. The molecule has 90 valence electrons. The number of hydrogen-bond donors (Lipinski definition) is 1. The van der Waals surface area contributed by atoms with Gasteiger partial charge in [0.25, 0.3) is 0 Å². The Kier molecular flexibility index (Phi) is 3.30. The predicted molar refractivity (Wildman–Crippen MR) is 65.2 cm³/mol. The molecule has 0 bridgehead atoms. The highest BCUT2D eigenvalue weighted by molar-refractivity contribution is 4.93. The van der Waals surface area contributed by atoms with E-state index in [0.717, 1.165) is 32.0 Å². The monoisotopic (exact) mass is 222 g/mol. The van der Waals surface area contributed by atoms with Gasteiger partial charge in [0, 0.05) is 31.5 Å². The minimum absolute atomic E-state index is 0.210. The molecule has 1 aliphatic heterocycles. The third-order valence-electron chi connectivity index (χ3n) is 3.16. The van der Waals surface area contributed by atoms with Crippen molar-refractivity contribution in [1.29, 1.82) is 0 Å². The van der Waals surface area contributed by atoms with Crippen LogP contribution in [0.25, 0.3) is 0 Å². The summed E-state index contributed by atoms with van der Waals surface area (Å²) in [6.45, 7) is 8.84. The van der Waals surface area contributed by atoms with E-state index in [-0.39, 0.29) is 5.54 Å². The van der Waals surface area contributed by atoms with Crippen molar-refractivity contribution in [3.63, 3.8) is 0 Å². The lowest BCUT2D eigenvalue weighted by atomic mass is 10.1. The average Bonchev–Trinajstić information content (AvgIpc) is 2.49. The summed E-state index contributed by atoms with van der Waals surface area (Å²) >= 11 is 0. The second-order valence-electron chi connectivity index (χ2n) is 5.33. The fourth-order valence-corrected chi connectivity index (χ4v) is 2.31. The Morgan fingerprint density at radius 3 is 3.00 bits per heavy atom. The Labute approximate surface area is 97.7 Å². The molecule has 1 aliphatic rings. The van der Waals surface area contributed by atoms with E-state index in [1.807, 2.05) is 12.4 Å². The van der Waals surface area contributed by atoms with Gasteiger partial charge in [-0.1, -0.05) is 0 Å². The number of aryl methyl sites for hydroxylation is 1. The summed E-state index contributed by atoms with van der Waals surface area (Å²) < 4.78 is 2.10. The van der Waals surface area contributed by atoms with Crippen molar-refractivity contribution in [3.8, 4) is 0 Å². The number of hydrogen-bond acceptors (Lipinski definition) is 3. The van der Waals surface area contributed by atoms with Crippen LogP contribution in [0.2, 0.25) is 0 Å². The molecule has 0 aliphatic carbocycles. The maximum atomic E-state index is 4.39. The Hall–Kier alpha value is -0.870. The van der Waals surface area contributed by atoms with Crippen molar-refractivity contribution in [2.75, 3.05) is 19.6 Å². The zero-order valence-electron chi connectivity index (χ0n) is 10.5. The van der Waals surface area contributed by atoms with Gasteiger partial charge in [-0.05, 0) is 33.4 Å². The summed E-state index contributed by atoms with van der Waals surface area (Å²) in [6, 6.07) is 0. The Bertz CT molecular complexity index is 343. The highest BCUT2D eigenvalue weighted by Gasteiger charge is 2.24. The minimum Gasteiger partial charge on any atom is -0.337 e. The molecule has 2 heterocycles. The van der Waals surface area contributed by atoms with E-state index in [2.05, 4.69) is 40.7 Å². The molecule has 1 aromatic rings. The van der Waals surface area contributed by atoms with Crippen molar-refractivity contribution in [3.05, 3.63) is 18.2 Å². The van der Waals surface area contributed by atoms with Crippen LogP contribution in [-0.2, 0) is 13.6 Å². The largest absolute Gasteiger partial charge is 0.337 e. The second-order valence-corrected chi connectivity index (χ2v) is 5.33. The standard InChI is InChI=1S/C12H22N4/c1-12(2)10-16(7-4-5-14-12)9-11-13-6-8-15(11)3/h6,8,14H,4-5,7,9-10H2,1-3H3. The first-order chi connectivity index (χ1) is 7.57. The van der Waals surface area contributed by atoms with Gasteiger partial charge in [0.15, 0.2) is 0 Å². The minimum atomic E-state index is 0.210. The van der Waals surface area contributed by atoms with Crippen molar-refractivity contribution in [1.82, 2.24) is 19.8 Å². The topological polar surface area (TPSA) is 33.1 Å². The lowest BCUT2D eigenvalue weighted by Gasteiger charge is -2.29. The maximum absolute atomic E-state index is 4.39. The van der Waals surface area contributed by atoms with Gasteiger partial charge < -0.3 is 9.88 Å². The molecule has 0 saturated carbocycles. The fraction of sp³-hybridized carbons (Fsp3) is 0.750. The van der Waals surface area contributed by atoms with Crippen LogP contribution in [0.1, 0.15) is 26.1 Å². The zero-order chi connectivity index (χ0) is 11.6. The molecule has 2 rings (SSSR count). The van der Waals surface area contributed by atoms with Crippen molar-refractivity contribution >= 4 is 0 Å². The Morgan fingerprint density at radius 2 is 2.31 bits per heavy atom. The first kappa shape index (κ1) is 11.6. The third-order valence-corrected chi connectivity index (χ3v) is 3.16. The van der Waals surface area contributed by atoms with Crippen LogP contribution < -0.4 is 5.32 Å². The van der Waals surface area contributed by atoms with Crippen molar-refractivity contribution in [2.45, 2.75) is 32.4 Å². The molecule has 0 unspecified atom stereocenters. The number of rotatable bonds is 2. The summed E-state index contributed by atoms with van der Waals surface area (Å²) in [5.41, 5.74) is 0.210. The first-order valence-electron chi connectivity index (χ1n) is 6.00. The van der Waals surface area contributed by atoms with E-state index in [4.69, 9.17) is 0 Å². The number of aromatic nitrogens is 2. The number of imidazole rings is 1. The van der Waals surface area contributed by atoms with Crippen LogP contribution >= 0.6 is 0 Å². The quantitative estimate of drug-likeness (QED) is 0.810. The molecule has 1 N–H and O–H groups in total. The van der Waals surface area contributed by atoms with E-state index in [0.29, 0.717) is 0 Å². The van der Waals surface area contributed by atoms with Crippen LogP contribution in [0.15, 0.2) is 12.4 Å². The Balaban J connectivity index is 2.01. The molecule has 0 aromatic carbocycles. The van der Waals surface area contributed by atoms with E-state index >= 15 is 0 Å². The SMILES string of the molecule is Cn1ccnc1CN1CCCNC(C)(C)C1. The first-order valence-corrected chi connectivity index (χ1v) is 6.00. The smallest absolute Gasteiger partial charge is 0.122 e. The van der Waals surface area contributed by atoms with Crippen molar-refractivity contribution in [2.24, 2.45) is 7.05 Å². The van der Waals surface area contributed by atoms with E-state index in [1.54, 1.807) is 0 Å². The van der Waals surface area contributed by atoms with Gasteiger partial charge in [-0.3, -0.25) is 4.90 Å². The highest BCUT2D eigenvalue weighted by atomic mass is 15.2. The molecule has 0 spiro atoms. The van der Waals surface area contributed by atoms with Crippen LogP contribution in [0.3, 0.4) is 0 Å². The summed E-state index contributed by atoms with van der Waals surface area (Å²) in [6.07, 6.45) is 5.10. The third kappa shape index (κ3) is 2.83. The summed E-state index contributed by atoms with van der Waals surface area (Å²) in [4.78, 5) is 6.88. The molecular formula is C12H22N4. The molecule has 16 heavy (non-hydrogen) atoms. The predicted octanol–water partition coefficient (Wildman–Crippen LogP) is 0.994. The normalized spacial score (nSPS) is 21.9. The molecule has 0 amide bonds. The van der Waals surface area contributed by atoms with Crippen LogP contribution in [-0.4, -0.2) is 39.6 Å². The Morgan fingerprint density at radius 1 is 1.50 bits per heavy atom. The average molecular weight is 222 g/mol. The zero-order valence-corrected chi connectivity index (χ0v) is 10.5. The molecule has 1 aromatic heterocycles. The summed E-state index contributed by atoms with van der Waals surface area (Å²) in [5.74, 6) is 1.15. The molecule has 0 atom stereocenters. The van der Waals surface area contributed by atoms with Gasteiger partial charge in [-0.2, -0.15) is 0 Å². The van der Waals surface area contributed by atoms with E-state index in [9.17, 15) is 0 Å². The van der Waals surface area contributed by atoms with E-state index < -0.39 is 0 Å². The van der Waals surface area contributed by atoms with Crippen molar-refractivity contribution < 1.29 is 0 Å². The van der Waals surface area contributed by atoms with Gasteiger partial charge in [0.05, 0.1) is 6.54 Å². The molecule has 4 heteroatoms. The molecule has 1 saturated heterocycles. The van der Waals surface area contributed by atoms with Gasteiger partial charge in [-0.15, -0.1) is 0 Å². The number of nitrogens with zero attached hydrogens (tertiary/aromatic N) is 3. The number of nitrogens with one attached hydrogen (secondary N) is 1. The van der Waals surface area contributed by atoms with Gasteiger partial charge in [0.1, 0.15) is 5.82 Å². The second kappa shape index (κ2) is 4.55. The molecule has 0 radical (unpaired) electrons. The van der Waals surface area contributed by atoms with Crippen LogP contribution in [0.5, 0.6) is 0 Å². The van der Waals surface area contributed by atoms with Crippen LogP contribution in [0, 0.1) is 0 Å². The van der Waals surface area contributed by atoms with Crippen LogP contribution in [0.4, 0.5) is 0 Å². The fourth-order valence-electron chi connectivity index (χ4n) is 2.31. The summed E-state index contributed by atoms with van der Waals surface area (Å²) in [7, 11) is 2.06. The molecular weight excluding hydrogens is 200 g/mol. The van der Waals surface area contributed by atoms with Gasteiger partial charge >= 0.3 is 0 Å².